The van der Waals surface area contributed by atoms with Gasteiger partial charge in [-0.15, -0.1) is 0 Å². The summed E-state index contributed by atoms with van der Waals surface area (Å²) in [7, 11) is 0. The second-order valence-corrected chi connectivity index (χ2v) is 8.84. The lowest BCUT2D eigenvalue weighted by Gasteiger charge is -2.35. The van der Waals surface area contributed by atoms with Crippen LogP contribution >= 0.6 is 0 Å². The van der Waals surface area contributed by atoms with E-state index in [1.165, 1.54) is 0 Å². The second kappa shape index (κ2) is 11.4. The number of nitrogens with one attached hydrogen (secondary N) is 1. The van der Waals surface area contributed by atoms with Crippen molar-refractivity contribution in [3.05, 3.63) is 163 Å². The number of anilines is 2. The summed E-state index contributed by atoms with van der Waals surface area (Å²) in [6.07, 6.45) is 2.47. The third kappa shape index (κ3) is 5.14. The topological polar surface area (TPSA) is 45.2 Å². The number of aromatic nitrogens is 1. The van der Waals surface area contributed by atoms with E-state index in [4.69, 9.17) is 4.98 Å². The van der Waals surface area contributed by atoms with Crippen molar-refractivity contribution in [2.24, 2.45) is 0 Å². The molecule has 37 heavy (non-hydrogen) atoms. The van der Waals surface area contributed by atoms with Crippen LogP contribution < -0.4 is 10.2 Å². The summed E-state index contributed by atoms with van der Waals surface area (Å²) in [5, 5.41) is 3.20. The maximum atomic E-state index is 13.6. The number of para-hydroxylation sites is 2. The average molecular weight is 484 g/mol. The molecular weight excluding hydrogens is 454 g/mol. The van der Waals surface area contributed by atoms with E-state index in [0.717, 1.165) is 28.2 Å². The minimum absolute atomic E-state index is 0.173. The highest BCUT2D eigenvalue weighted by Gasteiger charge is 2.37. The lowest BCUT2D eigenvalue weighted by atomic mass is 9.69. The monoisotopic (exact) mass is 483 g/mol. The van der Waals surface area contributed by atoms with Crippen LogP contribution in [0.4, 0.5) is 16.2 Å². The highest BCUT2D eigenvalue weighted by molar-refractivity contribution is 5.99. The molecule has 0 saturated carbocycles. The number of rotatable bonds is 8. The number of amides is 2. The van der Waals surface area contributed by atoms with Gasteiger partial charge < -0.3 is 5.32 Å². The van der Waals surface area contributed by atoms with Gasteiger partial charge in [-0.25, -0.2) is 4.79 Å². The predicted octanol–water partition coefficient (Wildman–Crippen LogP) is 7.35. The van der Waals surface area contributed by atoms with Gasteiger partial charge in [-0.2, -0.15) is 0 Å². The van der Waals surface area contributed by atoms with Crippen molar-refractivity contribution in [3.63, 3.8) is 0 Å². The fraction of sp³-hybridized carbons (Fsp3) is 0.0909. The van der Waals surface area contributed by atoms with Crippen molar-refractivity contribution < 1.29 is 4.79 Å². The Morgan fingerprint density at radius 3 is 1.54 bits per heavy atom. The largest absolute Gasteiger partial charge is 0.337 e. The molecule has 5 rings (SSSR count). The second-order valence-electron chi connectivity index (χ2n) is 8.84. The number of nitrogens with zero attached hydrogens (tertiary/aromatic N) is 2. The molecule has 4 nitrogen and oxygen atoms in total. The van der Waals surface area contributed by atoms with Crippen LogP contribution in [-0.2, 0) is 5.41 Å². The Morgan fingerprint density at radius 2 is 1.08 bits per heavy atom. The first-order chi connectivity index (χ1) is 18.3. The number of hydrogen-bond donors (Lipinski definition) is 1. The van der Waals surface area contributed by atoms with Gasteiger partial charge in [-0.05, 0) is 53.9 Å². The molecule has 1 N–H and O–H groups in total. The fourth-order valence-electron chi connectivity index (χ4n) is 4.91. The van der Waals surface area contributed by atoms with E-state index < -0.39 is 5.41 Å². The maximum absolute atomic E-state index is 13.6. The van der Waals surface area contributed by atoms with Crippen molar-refractivity contribution in [2.45, 2.75) is 11.8 Å². The summed E-state index contributed by atoms with van der Waals surface area (Å²) in [6, 6.07) is 46.1. The van der Waals surface area contributed by atoms with E-state index in [1.807, 2.05) is 91.1 Å². The predicted molar refractivity (Wildman–Crippen MR) is 150 cm³/mol. The molecule has 0 saturated heterocycles. The molecule has 0 aliphatic heterocycles. The van der Waals surface area contributed by atoms with Gasteiger partial charge >= 0.3 is 6.03 Å². The Kier molecular flexibility index (Phi) is 7.37. The minimum atomic E-state index is -0.526. The highest BCUT2D eigenvalue weighted by Crippen LogP contribution is 2.41. The molecule has 1 aromatic heterocycles. The van der Waals surface area contributed by atoms with E-state index in [9.17, 15) is 4.79 Å². The van der Waals surface area contributed by atoms with E-state index in [2.05, 4.69) is 59.9 Å². The molecule has 4 heteroatoms. The average Bonchev–Trinajstić information content (AvgIpc) is 2.98. The summed E-state index contributed by atoms with van der Waals surface area (Å²) in [5.41, 5.74) is 4.32. The zero-order chi connectivity index (χ0) is 25.3. The van der Waals surface area contributed by atoms with Crippen LogP contribution in [0.2, 0.25) is 0 Å². The first-order valence-electron chi connectivity index (χ1n) is 12.5. The number of pyridine rings is 1. The molecule has 0 aliphatic carbocycles. The Morgan fingerprint density at radius 1 is 0.622 bits per heavy atom. The molecule has 1 heterocycles. The van der Waals surface area contributed by atoms with Crippen molar-refractivity contribution >= 4 is 17.4 Å². The zero-order valence-corrected chi connectivity index (χ0v) is 20.6. The Bertz CT molecular complexity index is 1260. The number of benzene rings is 4. The maximum Gasteiger partial charge on any atom is 0.326 e. The summed E-state index contributed by atoms with van der Waals surface area (Å²) in [6.45, 7) is 0.454. The lowest BCUT2D eigenvalue weighted by Crippen LogP contribution is -2.41. The number of carbonyl (C=O) groups excluding carboxylic acids is 1. The summed E-state index contributed by atoms with van der Waals surface area (Å²) in [5.74, 6) is 0. The zero-order valence-electron chi connectivity index (χ0n) is 20.6. The molecule has 0 aliphatic rings. The van der Waals surface area contributed by atoms with Crippen molar-refractivity contribution in [2.75, 3.05) is 11.4 Å². The Labute approximate surface area is 218 Å². The van der Waals surface area contributed by atoms with Crippen LogP contribution in [0.3, 0.4) is 0 Å². The van der Waals surface area contributed by atoms with Gasteiger partial charge in [-0.1, -0.05) is 103 Å². The van der Waals surface area contributed by atoms with Gasteiger partial charge in [0, 0.05) is 12.7 Å². The van der Waals surface area contributed by atoms with Crippen LogP contribution in [0.1, 0.15) is 23.2 Å². The third-order valence-electron chi connectivity index (χ3n) is 6.64. The molecule has 2 amide bonds. The smallest absolute Gasteiger partial charge is 0.326 e. The molecule has 0 atom stereocenters. The van der Waals surface area contributed by atoms with Crippen LogP contribution in [-0.4, -0.2) is 17.6 Å². The van der Waals surface area contributed by atoms with E-state index in [-0.39, 0.29) is 6.03 Å². The van der Waals surface area contributed by atoms with Gasteiger partial charge in [-0.3, -0.25) is 9.88 Å². The van der Waals surface area contributed by atoms with Crippen LogP contribution in [0, 0.1) is 0 Å². The summed E-state index contributed by atoms with van der Waals surface area (Å²) >= 11 is 0. The Hall–Kier alpha value is -4.70. The van der Waals surface area contributed by atoms with Crippen LogP contribution in [0.15, 0.2) is 146 Å². The molecule has 0 fully saturated rings. The number of urea groups is 1. The lowest BCUT2D eigenvalue weighted by molar-refractivity contribution is 0.248. The van der Waals surface area contributed by atoms with Gasteiger partial charge in [0.05, 0.1) is 22.5 Å². The molecule has 0 radical (unpaired) electrons. The van der Waals surface area contributed by atoms with Gasteiger partial charge in [0.25, 0.3) is 0 Å². The SMILES string of the molecule is O=C(NCCC(c1ccccc1)(c1ccccc1)c1ccccn1)N(c1ccccc1)c1ccccc1. The number of hydrogen-bond acceptors (Lipinski definition) is 2. The van der Waals surface area contributed by atoms with E-state index in [0.29, 0.717) is 13.0 Å². The van der Waals surface area contributed by atoms with Gasteiger partial charge in [0.1, 0.15) is 0 Å². The quantitative estimate of drug-likeness (QED) is 0.251. The summed E-state index contributed by atoms with van der Waals surface area (Å²) < 4.78 is 0. The van der Waals surface area contributed by atoms with E-state index >= 15 is 0 Å². The van der Waals surface area contributed by atoms with Crippen LogP contribution in [0.5, 0.6) is 0 Å². The molecule has 182 valence electrons. The third-order valence-corrected chi connectivity index (χ3v) is 6.64. The van der Waals surface area contributed by atoms with Gasteiger partial charge in [0.2, 0.25) is 0 Å². The van der Waals surface area contributed by atoms with Crippen molar-refractivity contribution in [3.8, 4) is 0 Å². The Balaban J connectivity index is 1.49. The summed E-state index contributed by atoms with van der Waals surface area (Å²) in [4.78, 5) is 20.2. The molecule has 0 spiro atoms. The van der Waals surface area contributed by atoms with Crippen LogP contribution in [0.25, 0.3) is 0 Å². The molecule has 0 bridgehead atoms. The molecule has 5 aromatic rings. The first kappa shape index (κ1) is 24.0. The fourth-order valence-corrected chi connectivity index (χ4v) is 4.91. The molecule has 4 aromatic carbocycles. The van der Waals surface area contributed by atoms with Gasteiger partial charge in [0.15, 0.2) is 0 Å². The normalized spacial score (nSPS) is 11.0. The number of carbonyl (C=O) groups is 1. The van der Waals surface area contributed by atoms with E-state index in [1.54, 1.807) is 4.90 Å². The highest BCUT2D eigenvalue weighted by atomic mass is 16.2. The first-order valence-corrected chi connectivity index (χ1v) is 12.5. The van der Waals surface area contributed by atoms with Crippen molar-refractivity contribution in [1.82, 2.24) is 10.3 Å². The molecule has 0 unspecified atom stereocenters. The minimum Gasteiger partial charge on any atom is -0.337 e. The standard InChI is InChI=1S/C33H29N3O/c37-32(36(29-19-9-3-10-20-29)30-21-11-4-12-22-30)35-26-24-33(27-15-5-1-6-16-27,28-17-7-2-8-18-28)31-23-13-14-25-34-31/h1-23,25H,24,26H2,(H,35,37). The molecular formula is C33H29N3O. The van der Waals surface area contributed by atoms with Crippen molar-refractivity contribution in [1.29, 1.82) is 0 Å².